The van der Waals surface area contributed by atoms with Gasteiger partial charge in [-0.1, -0.05) is 215 Å². The number of nitrogens with one attached hydrogen (secondary N) is 1. The fourth-order valence-electron chi connectivity index (χ4n) is 4.82. The minimum Gasteiger partial charge on any atom is -0.308 e. The molecule has 4 aromatic carbocycles. The van der Waals surface area contributed by atoms with Gasteiger partial charge in [-0.25, -0.2) is 0 Å². The molecule has 0 bridgehead atoms. The predicted octanol–water partition coefficient (Wildman–Crippen LogP) is 16.4. The summed E-state index contributed by atoms with van der Waals surface area (Å²) in [6.45, 7) is 25.6. The Morgan fingerprint density at radius 2 is 0.831 bits per heavy atom. The molecule has 4 rings (SSSR count). The minimum atomic E-state index is -1.22. The maximum Gasteiger partial charge on any atom is 0.117 e. The molecule has 0 aromatic heterocycles. The Hall–Kier alpha value is 1.37. The number of hydrogen-bond acceptors (Lipinski definition) is 3. The third kappa shape index (κ3) is 26.8. The van der Waals surface area contributed by atoms with Crippen molar-refractivity contribution in [2.45, 2.75) is 108 Å². The van der Waals surface area contributed by atoms with E-state index in [1.807, 2.05) is 48.5 Å². The normalized spacial score (nSPS) is 11.6. The lowest BCUT2D eigenvalue weighted by molar-refractivity contribution is 0.261. The van der Waals surface area contributed by atoms with E-state index >= 15 is 0 Å². The van der Waals surface area contributed by atoms with Crippen molar-refractivity contribution in [2.75, 3.05) is 19.6 Å². The summed E-state index contributed by atoms with van der Waals surface area (Å²) in [6.07, 6.45) is 0. The Bertz CT molecular complexity index is 1620. The van der Waals surface area contributed by atoms with Crippen LogP contribution in [0.3, 0.4) is 0 Å². The molecule has 0 heterocycles. The molecular formula is C43H70Cl7N3P6. The number of rotatable bonds is 12. The maximum atomic E-state index is 6.97. The highest BCUT2D eigenvalue weighted by atomic mass is 35.9. The van der Waals surface area contributed by atoms with Gasteiger partial charge in [0, 0.05) is 45.4 Å². The molecule has 4 aromatic rings. The largest absolute Gasteiger partial charge is 0.308 e. The molecule has 3 unspecified atom stereocenters. The van der Waals surface area contributed by atoms with E-state index in [1.54, 1.807) is 0 Å². The van der Waals surface area contributed by atoms with Crippen molar-refractivity contribution < 1.29 is 0 Å². The molecule has 0 saturated carbocycles. The smallest absolute Gasteiger partial charge is 0.117 e. The second kappa shape index (κ2) is 33.8. The Kier molecular flexibility index (Phi) is 37.0. The van der Waals surface area contributed by atoms with Crippen LogP contribution in [0.2, 0.25) is 0 Å². The van der Waals surface area contributed by atoms with Gasteiger partial charge in [0.05, 0.1) is 7.43 Å². The monoisotopic (exact) mass is 1060 g/mol. The standard InChI is InChI=1S/C18H22Cl3NP2.C12H19N.C6H4Cl4P2.C6H15N.CH4.2H3P/c1-14-9-11-15(12-10-14)13-22(18(2,3)4)24(21)17-8-6-5-7-16(17)23(19)20;1-10-5-7-11(8-6-10)9-13-12(2,3)4;7-11(8)5-3-1-2-4-6(5)12(9)10;1-4-7(5-2)6-3;;;/h5-12H,13H2,1-4H3;5-8,13H,9H2,1-4H3;1-4H;4-6H2,1-3H3;1H4;2*1H3. The third-order valence-electron chi connectivity index (χ3n) is 8.23. The van der Waals surface area contributed by atoms with Gasteiger partial charge in [0.1, 0.15) is 19.9 Å². The van der Waals surface area contributed by atoms with Crippen molar-refractivity contribution in [1.29, 1.82) is 0 Å². The molecular weight excluding hydrogens is 993 g/mol. The summed E-state index contributed by atoms with van der Waals surface area (Å²) in [5, 5.41) is 7.17. The first-order chi connectivity index (χ1) is 26.1. The van der Waals surface area contributed by atoms with Crippen molar-refractivity contribution in [3.05, 3.63) is 119 Å². The molecule has 59 heavy (non-hydrogen) atoms. The summed E-state index contributed by atoms with van der Waals surface area (Å²) in [5.74, 6) is 0. The van der Waals surface area contributed by atoms with E-state index in [2.05, 4.69) is 140 Å². The van der Waals surface area contributed by atoms with Crippen LogP contribution in [0, 0.1) is 13.8 Å². The second-order valence-corrected chi connectivity index (χ2v) is 27.8. The first-order valence-corrected chi connectivity index (χ1v) is 30.2. The first-order valence-electron chi connectivity index (χ1n) is 18.5. The summed E-state index contributed by atoms with van der Waals surface area (Å²) >= 11 is 42.5. The van der Waals surface area contributed by atoms with E-state index < -0.39 is 27.3 Å². The molecule has 3 atom stereocenters. The van der Waals surface area contributed by atoms with Crippen molar-refractivity contribution in [3.8, 4) is 0 Å². The summed E-state index contributed by atoms with van der Waals surface area (Å²) in [4.78, 5) is 2.38. The van der Waals surface area contributed by atoms with Crippen LogP contribution in [0.25, 0.3) is 0 Å². The van der Waals surface area contributed by atoms with Crippen LogP contribution in [-0.4, -0.2) is 40.3 Å². The van der Waals surface area contributed by atoms with Crippen molar-refractivity contribution in [3.63, 3.8) is 0 Å². The lowest BCUT2D eigenvalue weighted by Crippen LogP contribution is -2.39. The van der Waals surface area contributed by atoms with Crippen molar-refractivity contribution in [1.82, 2.24) is 14.9 Å². The van der Waals surface area contributed by atoms with E-state index in [1.165, 1.54) is 41.9 Å². The molecule has 0 spiro atoms. The number of halogens is 7. The Labute approximate surface area is 405 Å². The molecule has 0 radical (unpaired) electrons. The SMILES string of the molecule is C.CCN(CC)CC.Cc1ccc(CN(P(Cl)c2ccccc2P(Cl)Cl)C(C)(C)C)cc1.Cc1ccc(CNC(C)(C)C)cc1.ClP(Cl)c1ccccc1P(Cl)Cl.P.P. The third-order valence-corrected chi connectivity index (χ3v) is 17.2. The minimum absolute atomic E-state index is 0. The van der Waals surface area contributed by atoms with Crippen LogP contribution < -0.4 is 26.5 Å². The zero-order valence-corrected chi connectivity index (χ0v) is 47.7. The van der Waals surface area contributed by atoms with Gasteiger partial charge in [-0.15, -0.1) is 0 Å². The van der Waals surface area contributed by atoms with Gasteiger partial charge in [0.15, 0.2) is 0 Å². The number of nitrogens with zero attached hydrogens (tertiary/aromatic N) is 2. The molecule has 1 N–H and O–H groups in total. The van der Waals surface area contributed by atoms with E-state index in [0.717, 1.165) is 34.3 Å². The van der Waals surface area contributed by atoms with E-state index in [9.17, 15) is 0 Å². The zero-order valence-electron chi connectivity index (χ0n) is 36.0. The maximum absolute atomic E-state index is 6.97. The second-order valence-electron chi connectivity index (χ2n) is 14.9. The highest BCUT2D eigenvalue weighted by molar-refractivity contribution is 8.13. The summed E-state index contributed by atoms with van der Waals surface area (Å²) in [6, 6.07) is 32.7. The van der Waals surface area contributed by atoms with Crippen LogP contribution in [0.1, 0.15) is 92.0 Å². The highest BCUT2D eigenvalue weighted by Gasteiger charge is 2.31. The summed E-state index contributed by atoms with van der Waals surface area (Å²) in [5.41, 5.74) is 5.30. The number of benzene rings is 4. The van der Waals surface area contributed by atoms with Crippen LogP contribution in [0.4, 0.5) is 0 Å². The van der Waals surface area contributed by atoms with E-state index in [4.69, 9.17) is 78.7 Å². The first kappa shape index (κ1) is 64.7. The van der Waals surface area contributed by atoms with Gasteiger partial charge < -0.3 is 10.2 Å². The van der Waals surface area contributed by atoms with E-state index in [0.29, 0.717) is 0 Å². The van der Waals surface area contributed by atoms with Crippen LogP contribution in [0.5, 0.6) is 0 Å². The van der Waals surface area contributed by atoms with Gasteiger partial charge >= 0.3 is 0 Å². The van der Waals surface area contributed by atoms with Gasteiger partial charge in [-0.3, -0.25) is 4.67 Å². The predicted molar refractivity (Wildman–Crippen MR) is 297 cm³/mol. The molecule has 0 saturated heterocycles. The fraction of sp³-hybridized carbons (Fsp3) is 0.442. The summed E-state index contributed by atoms with van der Waals surface area (Å²) < 4.78 is 2.33. The molecule has 336 valence electrons. The van der Waals surface area contributed by atoms with Crippen LogP contribution in [0.15, 0.2) is 97.1 Å². The molecule has 0 aliphatic heterocycles. The molecule has 3 nitrogen and oxygen atoms in total. The summed E-state index contributed by atoms with van der Waals surface area (Å²) in [7, 11) is -1.06. The quantitative estimate of drug-likeness (QED) is 0.143. The van der Waals surface area contributed by atoms with Crippen LogP contribution >= 0.6 is 126 Å². The zero-order chi connectivity index (χ0) is 42.6. The number of hydrogen-bond donors (Lipinski definition) is 1. The molecule has 0 aliphatic rings. The average Bonchev–Trinajstić information content (AvgIpc) is 3.14. The van der Waals surface area contributed by atoms with Gasteiger partial charge in [-0.05, 0) is 86.2 Å². The topological polar surface area (TPSA) is 18.5 Å². The van der Waals surface area contributed by atoms with Crippen molar-refractivity contribution in [2.24, 2.45) is 0 Å². The molecule has 0 aliphatic carbocycles. The fourth-order valence-corrected chi connectivity index (χ4v) is 14.1. The molecule has 16 heteroatoms. The lowest BCUT2D eigenvalue weighted by Gasteiger charge is -2.39. The highest BCUT2D eigenvalue weighted by Crippen LogP contribution is 2.53. The van der Waals surface area contributed by atoms with Gasteiger partial charge in [-0.2, -0.15) is 19.8 Å². The Morgan fingerprint density at radius 1 is 0.508 bits per heavy atom. The molecule has 0 fully saturated rings. The Morgan fingerprint density at radius 3 is 1.12 bits per heavy atom. The number of aryl methyl sites for hydroxylation is 2. The Balaban J connectivity index is -0.000000766. The van der Waals surface area contributed by atoms with Gasteiger partial charge in [0.2, 0.25) is 0 Å². The van der Waals surface area contributed by atoms with Crippen molar-refractivity contribution >= 4 is 147 Å². The average molecular weight is 1060 g/mol. The molecule has 0 amide bonds. The van der Waals surface area contributed by atoms with E-state index in [-0.39, 0.29) is 38.3 Å². The van der Waals surface area contributed by atoms with Crippen LogP contribution in [-0.2, 0) is 13.1 Å². The lowest BCUT2D eigenvalue weighted by atomic mass is 10.1. The van der Waals surface area contributed by atoms with Gasteiger partial charge in [0.25, 0.3) is 0 Å².